The van der Waals surface area contributed by atoms with Gasteiger partial charge in [0.15, 0.2) is 0 Å². The van der Waals surface area contributed by atoms with Gasteiger partial charge in [-0.25, -0.2) is 9.59 Å². The highest BCUT2D eigenvalue weighted by Crippen LogP contribution is 2.31. The Bertz CT molecular complexity index is 486. The predicted molar refractivity (Wildman–Crippen MR) is 70.8 cm³/mol. The number of hydrogen-bond donors (Lipinski definition) is 3. The average Bonchev–Trinajstić information content (AvgIpc) is 2.38. The molecule has 1 heterocycles. The molecule has 102 valence electrons. The van der Waals surface area contributed by atoms with E-state index in [1.54, 1.807) is 0 Å². The minimum Gasteiger partial charge on any atom is -0.478 e. The molecule has 4 N–H and O–H groups in total. The third-order valence-corrected chi connectivity index (χ3v) is 3.27. The molecule has 1 saturated heterocycles. The lowest BCUT2D eigenvalue weighted by atomic mass is 10.0. The van der Waals surface area contributed by atoms with Gasteiger partial charge in [0.25, 0.3) is 0 Å². The van der Waals surface area contributed by atoms with Crippen molar-refractivity contribution in [3.63, 3.8) is 0 Å². The van der Waals surface area contributed by atoms with Gasteiger partial charge in [0, 0.05) is 18.8 Å². The summed E-state index contributed by atoms with van der Waals surface area (Å²) in [7, 11) is 0. The zero-order valence-corrected chi connectivity index (χ0v) is 10.4. The Labute approximate surface area is 110 Å². The highest BCUT2D eigenvalue weighted by molar-refractivity contribution is 6.04. The van der Waals surface area contributed by atoms with Crippen LogP contribution in [-0.2, 0) is 0 Å². The van der Waals surface area contributed by atoms with Gasteiger partial charge in [0.1, 0.15) is 0 Å². The first kappa shape index (κ1) is 13.2. The highest BCUT2D eigenvalue weighted by atomic mass is 16.4. The van der Waals surface area contributed by atoms with Gasteiger partial charge in [-0.2, -0.15) is 0 Å². The van der Waals surface area contributed by atoms with Gasteiger partial charge < -0.3 is 20.8 Å². The predicted octanol–water partition coefficient (Wildman–Crippen LogP) is 1.66. The Kier molecular flexibility index (Phi) is 3.59. The van der Waals surface area contributed by atoms with Crippen LogP contribution in [0, 0.1) is 0 Å². The number of nitrogen functional groups attached to an aromatic ring is 1. The summed E-state index contributed by atoms with van der Waals surface area (Å²) in [6, 6.07) is 2.64. The molecule has 1 aliphatic heterocycles. The molecule has 19 heavy (non-hydrogen) atoms. The fourth-order valence-electron chi connectivity index (χ4n) is 2.44. The van der Waals surface area contributed by atoms with Crippen LogP contribution in [0.15, 0.2) is 12.1 Å². The number of piperidine rings is 1. The molecule has 0 amide bonds. The minimum atomic E-state index is -1.16. The number of nitrogens with zero attached hydrogens (tertiary/aromatic N) is 1. The van der Waals surface area contributed by atoms with Gasteiger partial charge in [-0.15, -0.1) is 0 Å². The van der Waals surface area contributed by atoms with Crippen molar-refractivity contribution in [3.05, 3.63) is 23.3 Å². The molecular weight excluding hydrogens is 248 g/mol. The Hall–Kier alpha value is -2.24. The Balaban J connectivity index is 2.59. The molecule has 2 rings (SSSR count). The van der Waals surface area contributed by atoms with Crippen LogP contribution in [-0.4, -0.2) is 35.2 Å². The molecule has 6 heteroatoms. The van der Waals surface area contributed by atoms with E-state index in [-0.39, 0.29) is 22.5 Å². The van der Waals surface area contributed by atoms with E-state index in [1.165, 1.54) is 12.1 Å². The van der Waals surface area contributed by atoms with E-state index in [0.717, 1.165) is 19.3 Å². The van der Waals surface area contributed by atoms with Gasteiger partial charge in [0.05, 0.1) is 16.8 Å². The molecule has 0 saturated carbocycles. The summed E-state index contributed by atoms with van der Waals surface area (Å²) in [5.41, 5.74) is 5.92. The normalized spacial score (nSPS) is 15.3. The van der Waals surface area contributed by atoms with Crippen LogP contribution in [0.5, 0.6) is 0 Å². The van der Waals surface area contributed by atoms with Crippen molar-refractivity contribution in [2.45, 2.75) is 19.3 Å². The maximum Gasteiger partial charge on any atom is 0.337 e. The van der Waals surface area contributed by atoms with Crippen LogP contribution in [0.1, 0.15) is 40.0 Å². The number of anilines is 2. The molecule has 0 bridgehead atoms. The summed E-state index contributed by atoms with van der Waals surface area (Å²) in [6.45, 7) is 1.34. The zero-order chi connectivity index (χ0) is 14.0. The number of carbonyl (C=O) groups is 2. The van der Waals surface area contributed by atoms with Gasteiger partial charge in [0.2, 0.25) is 0 Å². The summed E-state index contributed by atoms with van der Waals surface area (Å²) < 4.78 is 0. The smallest absolute Gasteiger partial charge is 0.337 e. The largest absolute Gasteiger partial charge is 0.478 e. The summed E-state index contributed by atoms with van der Waals surface area (Å²) in [4.78, 5) is 24.5. The molecular formula is C13H16N2O4. The third-order valence-electron chi connectivity index (χ3n) is 3.27. The van der Waals surface area contributed by atoms with Crippen molar-refractivity contribution < 1.29 is 19.8 Å². The van der Waals surface area contributed by atoms with E-state index in [4.69, 9.17) is 5.73 Å². The number of rotatable bonds is 3. The molecule has 1 aromatic carbocycles. The average molecular weight is 264 g/mol. The second kappa shape index (κ2) is 5.17. The standard InChI is InChI=1S/C13H16N2O4/c14-8-6-9(12(16)17)11(10(7-8)13(18)19)15-4-2-1-3-5-15/h6-7H,1-5,14H2,(H,16,17)(H,18,19). The van der Waals surface area contributed by atoms with E-state index in [1.807, 2.05) is 4.90 Å². The topological polar surface area (TPSA) is 104 Å². The number of carboxylic acids is 2. The quantitative estimate of drug-likeness (QED) is 0.717. The lowest BCUT2D eigenvalue weighted by Crippen LogP contribution is -2.32. The lowest BCUT2D eigenvalue weighted by Gasteiger charge is -2.31. The summed E-state index contributed by atoms with van der Waals surface area (Å²) in [5.74, 6) is -2.31. The maximum absolute atomic E-state index is 11.3. The molecule has 0 atom stereocenters. The highest BCUT2D eigenvalue weighted by Gasteiger charge is 2.25. The van der Waals surface area contributed by atoms with Crippen LogP contribution in [0.4, 0.5) is 11.4 Å². The van der Waals surface area contributed by atoms with Gasteiger partial charge in [-0.1, -0.05) is 0 Å². The minimum absolute atomic E-state index is 0.0423. The molecule has 1 aromatic rings. The Morgan fingerprint density at radius 2 is 1.47 bits per heavy atom. The van der Waals surface area contributed by atoms with Gasteiger partial charge in [-0.05, 0) is 31.4 Å². The maximum atomic E-state index is 11.3. The molecule has 0 unspecified atom stereocenters. The SMILES string of the molecule is Nc1cc(C(=O)O)c(N2CCCCC2)c(C(=O)O)c1. The summed E-state index contributed by atoms with van der Waals surface area (Å²) >= 11 is 0. The molecule has 0 aromatic heterocycles. The second-order valence-electron chi connectivity index (χ2n) is 4.62. The molecule has 0 aliphatic carbocycles. The van der Waals surface area contributed by atoms with Crippen LogP contribution < -0.4 is 10.6 Å². The molecule has 1 fully saturated rings. The van der Waals surface area contributed by atoms with Gasteiger partial charge >= 0.3 is 11.9 Å². The number of carboxylic acid groups (broad SMARTS) is 2. The Morgan fingerprint density at radius 3 is 1.89 bits per heavy atom. The van der Waals surface area contributed by atoms with Crippen molar-refractivity contribution >= 4 is 23.3 Å². The third kappa shape index (κ3) is 2.62. The molecule has 0 radical (unpaired) electrons. The molecule has 6 nitrogen and oxygen atoms in total. The monoisotopic (exact) mass is 264 g/mol. The van der Waals surface area contributed by atoms with Crippen LogP contribution in [0.3, 0.4) is 0 Å². The van der Waals surface area contributed by atoms with Crippen LogP contribution >= 0.6 is 0 Å². The van der Waals surface area contributed by atoms with E-state index >= 15 is 0 Å². The van der Waals surface area contributed by atoms with E-state index in [2.05, 4.69) is 0 Å². The first-order valence-electron chi connectivity index (χ1n) is 6.15. The Morgan fingerprint density at radius 1 is 1.00 bits per heavy atom. The van der Waals surface area contributed by atoms with Crippen molar-refractivity contribution in [3.8, 4) is 0 Å². The van der Waals surface area contributed by atoms with E-state index in [0.29, 0.717) is 13.1 Å². The van der Waals surface area contributed by atoms with Crippen molar-refractivity contribution in [1.82, 2.24) is 0 Å². The van der Waals surface area contributed by atoms with E-state index < -0.39 is 11.9 Å². The fourth-order valence-corrected chi connectivity index (χ4v) is 2.44. The number of benzene rings is 1. The molecule has 0 spiro atoms. The number of hydrogen-bond acceptors (Lipinski definition) is 4. The van der Waals surface area contributed by atoms with Crippen LogP contribution in [0.2, 0.25) is 0 Å². The van der Waals surface area contributed by atoms with Crippen molar-refractivity contribution in [2.24, 2.45) is 0 Å². The van der Waals surface area contributed by atoms with Crippen molar-refractivity contribution in [1.29, 1.82) is 0 Å². The zero-order valence-electron chi connectivity index (χ0n) is 10.4. The number of nitrogens with two attached hydrogens (primary N) is 1. The van der Waals surface area contributed by atoms with E-state index in [9.17, 15) is 19.8 Å². The fraction of sp³-hybridized carbons (Fsp3) is 0.385. The first-order valence-corrected chi connectivity index (χ1v) is 6.15. The van der Waals surface area contributed by atoms with Gasteiger partial charge in [-0.3, -0.25) is 0 Å². The first-order chi connectivity index (χ1) is 9.00. The summed E-state index contributed by atoms with van der Waals surface area (Å²) in [6.07, 6.45) is 2.95. The summed E-state index contributed by atoms with van der Waals surface area (Å²) in [5, 5.41) is 18.5. The molecule has 1 aliphatic rings. The van der Waals surface area contributed by atoms with Crippen LogP contribution in [0.25, 0.3) is 0 Å². The lowest BCUT2D eigenvalue weighted by molar-refractivity contribution is 0.0696. The second-order valence-corrected chi connectivity index (χ2v) is 4.62. The number of aromatic carboxylic acids is 2. The van der Waals surface area contributed by atoms with Crippen molar-refractivity contribution in [2.75, 3.05) is 23.7 Å².